The molecule has 3 heterocycles. The van der Waals surface area contributed by atoms with Crippen molar-refractivity contribution >= 4 is 11.8 Å². The predicted octanol–water partition coefficient (Wildman–Crippen LogP) is 1.43. The van der Waals surface area contributed by atoms with E-state index in [0.717, 1.165) is 31.7 Å². The number of furan rings is 1. The molecule has 0 N–H and O–H groups in total. The first-order valence-electron chi connectivity index (χ1n) is 8.65. The van der Waals surface area contributed by atoms with Gasteiger partial charge in [-0.25, -0.2) is 0 Å². The number of carbonyl (C=O) groups excluding carboxylic acids is 2. The second-order valence-corrected chi connectivity index (χ2v) is 7.68. The van der Waals surface area contributed by atoms with E-state index in [1.54, 1.807) is 17.4 Å². The molecule has 1 unspecified atom stereocenters. The van der Waals surface area contributed by atoms with Gasteiger partial charge in [-0.2, -0.15) is 0 Å². The van der Waals surface area contributed by atoms with Gasteiger partial charge in [-0.1, -0.05) is 13.8 Å². The molecule has 2 fully saturated rings. The molecular formula is C18H27N3O3. The normalized spacial score (nSPS) is 25.8. The molecule has 0 aromatic carbocycles. The van der Waals surface area contributed by atoms with Crippen molar-refractivity contribution in [1.29, 1.82) is 0 Å². The molecule has 6 heteroatoms. The molecule has 1 aromatic rings. The highest BCUT2D eigenvalue weighted by atomic mass is 16.3. The van der Waals surface area contributed by atoms with Crippen molar-refractivity contribution in [3.63, 3.8) is 0 Å². The van der Waals surface area contributed by atoms with E-state index in [-0.39, 0.29) is 23.1 Å². The van der Waals surface area contributed by atoms with Gasteiger partial charge in [0.1, 0.15) is 0 Å². The summed E-state index contributed by atoms with van der Waals surface area (Å²) >= 11 is 0. The summed E-state index contributed by atoms with van der Waals surface area (Å²) in [6, 6.07) is 1.97. The molecule has 132 valence electrons. The average molecular weight is 333 g/mol. The van der Waals surface area contributed by atoms with Gasteiger partial charge in [0, 0.05) is 69.6 Å². The smallest absolute Gasteiger partial charge is 0.225 e. The fourth-order valence-electron chi connectivity index (χ4n) is 3.99. The summed E-state index contributed by atoms with van der Waals surface area (Å²) in [7, 11) is 1.86. The van der Waals surface area contributed by atoms with Crippen molar-refractivity contribution in [2.45, 2.75) is 26.8 Å². The third-order valence-electron chi connectivity index (χ3n) is 5.09. The molecular weight excluding hydrogens is 306 g/mol. The second-order valence-electron chi connectivity index (χ2n) is 7.68. The Morgan fingerprint density at radius 2 is 2.08 bits per heavy atom. The number of nitrogens with zero attached hydrogens (tertiary/aromatic N) is 3. The lowest BCUT2D eigenvalue weighted by molar-refractivity contribution is -0.135. The second kappa shape index (κ2) is 6.59. The first-order chi connectivity index (χ1) is 11.4. The summed E-state index contributed by atoms with van der Waals surface area (Å²) in [5.41, 5.74) is 0.961. The van der Waals surface area contributed by atoms with Crippen molar-refractivity contribution in [3.8, 4) is 0 Å². The third-order valence-corrected chi connectivity index (χ3v) is 5.09. The highest BCUT2D eigenvalue weighted by Gasteiger charge is 2.46. The van der Waals surface area contributed by atoms with Crippen LogP contribution < -0.4 is 0 Å². The average Bonchev–Trinajstić information content (AvgIpc) is 3.06. The van der Waals surface area contributed by atoms with Crippen molar-refractivity contribution in [1.82, 2.24) is 14.7 Å². The molecule has 6 nitrogen and oxygen atoms in total. The number of likely N-dealkylation sites (tertiary alicyclic amines) is 1. The molecule has 2 saturated heterocycles. The van der Waals surface area contributed by atoms with Crippen LogP contribution in [0, 0.1) is 11.3 Å². The van der Waals surface area contributed by atoms with Crippen LogP contribution in [0.25, 0.3) is 0 Å². The van der Waals surface area contributed by atoms with Crippen LogP contribution >= 0.6 is 0 Å². The minimum Gasteiger partial charge on any atom is -0.472 e. The minimum absolute atomic E-state index is 0.0164. The molecule has 0 aliphatic carbocycles. The summed E-state index contributed by atoms with van der Waals surface area (Å²) in [6.45, 7) is 8.43. The van der Waals surface area contributed by atoms with Gasteiger partial charge >= 0.3 is 0 Å². The Hall–Kier alpha value is -1.82. The maximum Gasteiger partial charge on any atom is 0.225 e. The number of amides is 2. The van der Waals surface area contributed by atoms with E-state index in [0.29, 0.717) is 19.5 Å². The quantitative estimate of drug-likeness (QED) is 0.840. The van der Waals surface area contributed by atoms with E-state index in [4.69, 9.17) is 4.42 Å². The molecule has 1 spiro atoms. The summed E-state index contributed by atoms with van der Waals surface area (Å²) in [4.78, 5) is 30.9. The fraction of sp³-hybridized carbons (Fsp3) is 0.667. The van der Waals surface area contributed by atoms with Gasteiger partial charge in [0.2, 0.25) is 11.8 Å². The largest absolute Gasteiger partial charge is 0.472 e. The molecule has 1 atom stereocenters. The number of hydrogen-bond donors (Lipinski definition) is 0. The summed E-state index contributed by atoms with van der Waals surface area (Å²) < 4.78 is 5.18. The summed E-state index contributed by atoms with van der Waals surface area (Å²) in [6.07, 6.45) is 3.97. The zero-order chi connectivity index (χ0) is 17.3. The van der Waals surface area contributed by atoms with Crippen molar-refractivity contribution < 1.29 is 14.0 Å². The summed E-state index contributed by atoms with van der Waals surface area (Å²) in [5.74, 6) is 0.343. The van der Waals surface area contributed by atoms with Gasteiger partial charge in [0.25, 0.3) is 0 Å². The Morgan fingerprint density at radius 3 is 2.67 bits per heavy atom. The minimum atomic E-state index is -0.170. The molecule has 2 aliphatic rings. The Labute approximate surface area is 143 Å². The van der Waals surface area contributed by atoms with Gasteiger partial charge in [-0.3, -0.25) is 14.5 Å². The van der Waals surface area contributed by atoms with Crippen LogP contribution in [-0.4, -0.2) is 66.3 Å². The zero-order valence-corrected chi connectivity index (χ0v) is 14.8. The third kappa shape index (κ3) is 3.48. The molecule has 0 saturated carbocycles. The van der Waals surface area contributed by atoms with E-state index < -0.39 is 0 Å². The van der Waals surface area contributed by atoms with Crippen molar-refractivity contribution in [3.05, 3.63) is 24.2 Å². The summed E-state index contributed by atoms with van der Waals surface area (Å²) in [5, 5.41) is 0. The molecule has 0 bridgehead atoms. The molecule has 0 radical (unpaired) electrons. The lowest BCUT2D eigenvalue weighted by Gasteiger charge is -2.33. The van der Waals surface area contributed by atoms with Crippen LogP contribution in [0.15, 0.2) is 23.0 Å². The fourth-order valence-corrected chi connectivity index (χ4v) is 3.99. The number of carbonyl (C=O) groups is 2. The van der Waals surface area contributed by atoms with Crippen LogP contribution in [0.5, 0.6) is 0 Å². The van der Waals surface area contributed by atoms with E-state index >= 15 is 0 Å². The Bertz CT molecular complexity index is 599. The van der Waals surface area contributed by atoms with Crippen LogP contribution in [-0.2, 0) is 16.1 Å². The molecule has 2 amide bonds. The zero-order valence-electron chi connectivity index (χ0n) is 14.8. The molecule has 2 aliphatic heterocycles. The van der Waals surface area contributed by atoms with E-state index in [9.17, 15) is 9.59 Å². The van der Waals surface area contributed by atoms with E-state index in [1.807, 2.05) is 31.9 Å². The lowest BCUT2D eigenvalue weighted by atomic mass is 9.85. The monoisotopic (exact) mass is 333 g/mol. The predicted molar refractivity (Wildman–Crippen MR) is 90.1 cm³/mol. The highest BCUT2D eigenvalue weighted by molar-refractivity contribution is 5.80. The number of rotatable bonds is 3. The van der Waals surface area contributed by atoms with Gasteiger partial charge in [0.05, 0.1) is 12.5 Å². The Balaban J connectivity index is 1.81. The van der Waals surface area contributed by atoms with Gasteiger partial charge in [0.15, 0.2) is 0 Å². The van der Waals surface area contributed by atoms with Crippen LogP contribution in [0.1, 0.15) is 25.8 Å². The highest BCUT2D eigenvalue weighted by Crippen LogP contribution is 2.35. The SMILES string of the molecule is CC(C)C(=O)N1CCN(Cc2ccoc2)CC2(CC(=O)N(C)C2)C1. The van der Waals surface area contributed by atoms with Crippen LogP contribution in [0.4, 0.5) is 0 Å². The Morgan fingerprint density at radius 1 is 1.29 bits per heavy atom. The van der Waals surface area contributed by atoms with Crippen LogP contribution in [0.3, 0.4) is 0 Å². The van der Waals surface area contributed by atoms with E-state index in [1.165, 1.54) is 0 Å². The number of hydrogen-bond acceptors (Lipinski definition) is 4. The maximum atomic E-state index is 12.6. The first kappa shape index (κ1) is 17.0. The first-order valence-corrected chi connectivity index (χ1v) is 8.65. The maximum absolute atomic E-state index is 12.6. The van der Waals surface area contributed by atoms with Gasteiger partial charge in [-0.15, -0.1) is 0 Å². The standard InChI is InChI=1S/C18H27N3O3/c1-14(2)17(23)21-6-5-20(9-15-4-7-24-10-15)12-18(13-21)8-16(22)19(3)11-18/h4,7,10,14H,5-6,8-9,11-13H2,1-3H3. The van der Waals surface area contributed by atoms with Gasteiger partial charge in [-0.05, 0) is 6.07 Å². The van der Waals surface area contributed by atoms with Gasteiger partial charge < -0.3 is 14.2 Å². The molecule has 3 rings (SSSR count). The van der Waals surface area contributed by atoms with Crippen molar-refractivity contribution in [2.24, 2.45) is 11.3 Å². The lowest BCUT2D eigenvalue weighted by Crippen LogP contribution is -2.45. The molecule has 24 heavy (non-hydrogen) atoms. The topological polar surface area (TPSA) is 57.0 Å². The Kier molecular flexibility index (Phi) is 4.67. The molecule has 1 aromatic heterocycles. The van der Waals surface area contributed by atoms with E-state index in [2.05, 4.69) is 4.90 Å². The van der Waals surface area contributed by atoms with Crippen molar-refractivity contribution in [2.75, 3.05) is 39.8 Å². The van der Waals surface area contributed by atoms with Crippen LogP contribution in [0.2, 0.25) is 0 Å².